The van der Waals surface area contributed by atoms with Crippen molar-refractivity contribution < 1.29 is 18.3 Å². The first kappa shape index (κ1) is 14.2. The van der Waals surface area contributed by atoms with Gasteiger partial charge in [0.2, 0.25) is 0 Å². The van der Waals surface area contributed by atoms with E-state index in [0.29, 0.717) is 39.4 Å². The van der Waals surface area contributed by atoms with Crippen LogP contribution in [0, 0.1) is 5.92 Å². The predicted octanol–water partition coefficient (Wildman–Crippen LogP) is -0.342. The summed E-state index contributed by atoms with van der Waals surface area (Å²) in [6.45, 7) is 3.30. The molecule has 0 unspecified atom stereocenters. The van der Waals surface area contributed by atoms with Crippen molar-refractivity contribution in [1.29, 1.82) is 0 Å². The highest BCUT2D eigenvalue weighted by Gasteiger charge is 2.32. The Hall–Kier alpha value is -0.210. The van der Waals surface area contributed by atoms with Gasteiger partial charge in [-0.2, -0.15) is 17.0 Å². The first-order valence-corrected chi connectivity index (χ1v) is 7.98. The summed E-state index contributed by atoms with van der Waals surface area (Å²) in [5.74, 6) is 0.254. The number of hydrogen-bond acceptors (Lipinski definition) is 4. The molecule has 2 aliphatic rings. The first-order chi connectivity index (χ1) is 8.64. The fraction of sp³-hybridized carbons (Fsp3) is 1.00. The molecule has 0 bridgehead atoms. The number of nitrogens with zero attached hydrogens (tertiary/aromatic N) is 2. The van der Waals surface area contributed by atoms with E-state index in [-0.39, 0.29) is 12.5 Å². The van der Waals surface area contributed by atoms with Crippen LogP contribution < -0.4 is 0 Å². The molecule has 7 heteroatoms. The summed E-state index contributed by atoms with van der Waals surface area (Å²) in [5, 5.41) is 9.07. The van der Waals surface area contributed by atoms with Gasteiger partial charge >= 0.3 is 0 Å². The molecule has 0 amide bonds. The van der Waals surface area contributed by atoms with E-state index in [1.54, 1.807) is 4.31 Å². The van der Waals surface area contributed by atoms with Gasteiger partial charge in [-0.15, -0.1) is 0 Å². The second kappa shape index (κ2) is 6.29. The third-order valence-electron chi connectivity index (χ3n) is 3.67. The highest BCUT2D eigenvalue weighted by molar-refractivity contribution is 7.86. The van der Waals surface area contributed by atoms with E-state index in [0.717, 1.165) is 19.3 Å². The molecule has 0 spiro atoms. The molecule has 0 aromatic rings. The molecule has 0 saturated carbocycles. The zero-order chi connectivity index (χ0) is 13.0. The largest absolute Gasteiger partial charge is 0.396 e. The van der Waals surface area contributed by atoms with Crippen LogP contribution in [0.1, 0.15) is 19.3 Å². The van der Waals surface area contributed by atoms with E-state index in [1.807, 2.05) is 0 Å². The molecule has 106 valence electrons. The Kier molecular flexibility index (Phi) is 4.97. The van der Waals surface area contributed by atoms with Gasteiger partial charge in [-0.25, -0.2) is 0 Å². The smallest absolute Gasteiger partial charge is 0.282 e. The lowest BCUT2D eigenvalue weighted by Crippen LogP contribution is -2.48. The molecule has 2 aliphatic heterocycles. The van der Waals surface area contributed by atoms with Gasteiger partial charge in [0.1, 0.15) is 0 Å². The molecule has 0 aromatic heterocycles. The maximum absolute atomic E-state index is 12.4. The molecule has 2 rings (SSSR count). The maximum Gasteiger partial charge on any atom is 0.282 e. The van der Waals surface area contributed by atoms with E-state index >= 15 is 0 Å². The standard InChI is InChI=1S/C11H22N2O4S/c14-10-11-2-5-13(6-3-11)18(15,16)12-4-1-8-17-9-7-12/h11,14H,1-10H2. The quantitative estimate of drug-likeness (QED) is 0.766. The Labute approximate surface area is 109 Å². The van der Waals surface area contributed by atoms with Crippen LogP contribution in [-0.2, 0) is 14.9 Å². The van der Waals surface area contributed by atoms with Gasteiger partial charge in [-0.05, 0) is 25.2 Å². The van der Waals surface area contributed by atoms with Gasteiger partial charge in [0.25, 0.3) is 10.2 Å². The topological polar surface area (TPSA) is 70.1 Å². The van der Waals surface area contributed by atoms with Crippen LogP contribution in [0.15, 0.2) is 0 Å². The molecule has 0 aliphatic carbocycles. The van der Waals surface area contributed by atoms with Crippen LogP contribution in [0.3, 0.4) is 0 Å². The van der Waals surface area contributed by atoms with E-state index in [2.05, 4.69) is 0 Å². The maximum atomic E-state index is 12.4. The Morgan fingerprint density at radius 2 is 1.72 bits per heavy atom. The lowest BCUT2D eigenvalue weighted by Gasteiger charge is -2.33. The number of ether oxygens (including phenoxy) is 1. The highest BCUT2D eigenvalue weighted by Crippen LogP contribution is 2.21. The van der Waals surface area contributed by atoms with Crippen LogP contribution in [0.2, 0.25) is 0 Å². The van der Waals surface area contributed by atoms with Crippen LogP contribution in [0.25, 0.3) is 0 Å². The predicted molar refractivity (Wildman–Crippen MR) is 67.3 cm³/mol. The molecule has 0 atom stereocenters. The van der Waals surface area contributed by atoms with Gasteiger partial charge in [0.05, 0.1) is 6.61 Å². The minimum atomic E-state index is -3.34. The Morgan fingerprint density at radius 1 is 1.06 bits per heavy atom. The van der Waals surface area contributed by atoms with Gasteiger partial charge in [0, 0.05) is 39.4 Å². The molecule has 18 heavy (non-hydrogen) atoms. The van der Waals surface area contributed by atoms with Crippen LogP contribution >= 0.6 is 0 Å². The van der Waals surface area contributed by atoms with Gasteiger partial charge in [-0.3, -0.25) is 0 Å². The van der Waals surface area contributed by atoms with Crippen molar-refractivity contribution >= 4 is 10.2 Å². The summed E-state index contributed by atoms with van der Waals surface area (Å²) in [7, 11) is -3.34. The van der Waals surface area contributed by atoms with Crippen molar-refractivity contribution in [3.8, 4) is 0 Å². The van der Waals surface area contributed by atoms with Crippen molar-refractivity contribution in [2.45, 2.75) is 19.3 Å². The monoisotopic (exact) mass is 278 g/mol. The third-order valence-corrected chi connectivity index (χ3v) is 5.70. The van der Waals surface area contributed by atoms with Crippen molar-refractivity contribution in [3.63, 3.8) is 0 Å². The van der Waals surface area contributed by atoms with E-state index in [1.165, 1.54) is 4.31 Å². The zero-order valence-corrected chi connectivity index (χ0v) is 11.4. The summed E-state index contributed by atoms with van der Waals surface area (Å²) in [4.78, 5) is 0. The Bertz CT molecular complexity index is 344. The third kappa shape index (κ3) is 3.21. The number of piperidine rings is 1. The highest BCUT2D eigenvalue weighted by atomic mass is 32.2. The summed E-state index contributed by atoms with van der Waals surface area (Å²) in [6, 6.07) is 0. The summed E-state index contributed by atoms with van der Waals surface area (Å²) < 4.78 is 33.2. The summed E-state index contributed by atoms with van der Waals surface area (Å²) in [6.07, 6.45) is 2.26. The lowest BCUT2D eigenvalue weighted by molar-refractivity contribution is 0.146. The van der Waals surface area contributed by atoms with Crippen LogP contribution in [0.5, 0.6) is 0 Å². The van der Waals surface area contributed by atoms with Crippen molar-refractivity contribution in [2.75, 3.05) is 46.0 Å². The molecule has 0 aromatic carbocycles. The molecule has 2 heterocycles. The van der Waals surface area contributed by atoms with Gasteiger partial charge in [0.15, 0.2) is 0 Å². The number of rotatable bonds is 3. The van der Waals surface area contributed by atoms with Gasteiger partial charge < -0.3 is 9.84 Å². The number of aliphatic hydroxyl groups excluding tert-OH is 1. The van der Waals surface area contributed by atoms with Crippen molar-refractivity contribution in [3.05, 3.63) is 0 Å². The van der Waals surface area contributed by atoms with Crippen LogP contribution in [0.4, 0.5) is 0 Å². The lowest BCUT2D eigenvalue weighted by atomic mass is 10.00. The fourth-order valence-electron chi connectivity index (χ4n) is 2.44. The van der Waals surface area contributed by atoms with Crippen molar-refractivity contribution in [2.24, 2.45) is 5.92 Å². The average Bonchev–Trinajstić information content (AvgIpc) is 2.68. The van der Waals surface area contributed by atoms with Crippen molar-refractivity contribution in [1.82, 2.24) is 8.61 Å². The van der Waals surface area contributed by atoms with E-state index < -0.39 is 10.2 Å². The Morgan fingerprint density at radius 3 is 2.39 bits per heavy atom. The molecule has 2 fully saturated rings. The van der Waals surface area contributed by atoms with Gasteiger partial charge in [-0.1, -0.05) is 0 Å². The molecule has 1 N–H and O–H groups in total. The number of hydrogen-bond donors (Lipinski definition) is 1. The van der Waals surface area contributed by atoms with E-state index in [9.17, 15) is 8.42 Å². The molecular formula is C11H22N2O4S. The summed E-state index contributed by atoms with van der Waals surface area (Å²) in [5.41, 5.74) is 0. The zero-order valence-electron chi connectivity index (χ0n) is 10.6. The average molecular weight is 278 g/mol. The summed E-state index contributed by atoms with van der Waals surface area (Å²) >= 11 is 0. The molecule has 0 radical (unpaired) electrons. The second-order valence-electron chi connectivity index (χ2n) is 4.90. The number of aliphatic hydroxyl groups is 1. The van der Waals surface area contributed by atoms with E-state index in [4.69, 9.17) is 9.84 Å². The Balaban J connectivity index is 1.97. The SMILES string of the molecule is O=S(=O)(N1CCCOCC1)N1CCC(CO)CC1. The molecule has 2 saturated heterocycles. The minimum Gasteiger partial charge on any atom is -0.396 e. The minimum absolute atomic E-state index is 0.158. The molecular weight excluding hydrogens is 256 g/mol. The first-order valence-electron chi connectivity index (χ1n) is 6.58. The fourth-order valence-corrected chi connectivity index (χ4v) is 4.10. The molecule has 6 nitrogen and oxygen atoms in total. The second-order valence-corrected chi connectivity index (χ2v) is 6.83. The van der Waals surface area contributed by atoms with Crippen LogP contribution in [-0.4, -0.2) is 68.1 Å². The normalized spacial score (nSPS) is 26.1.